The molecule has 2 N–H and O–H groups in total. The van der Waals surface area contributed by atoms with Crippen LogP contribution in [-0.2, 0) is 32.3 Å². The third-order valence-electron chi connectivity index (χ3n) is 2.88. The van der Waals surface area contributed by atoms with Crippen LogP contribution in [0.3, 0.4) is 0 Å². The summed E-state index contributed by atoms with van der Waals surface area (Å²) < 4.78 is 10.0. The van der Waals surface area contributed by atoms with Crippen molar-refractivity contribution in [2.75, 3.05) is 0 Å². The van der Waals surface area contributed by atoms with E-state index in [9.17, 15) is 9.59 Å². The summed E-state index contributed by atoms with van der Waals surface area (Å²) in [5.74, 6) is -1.26. The van der Waals surface area contributed by atoms with Crippen molar-refractivity contribution in [1.29, 1.82) is 0 Å². The number of nitrogens with two attached hydrogens (primary N) is 1. The van der Waals surface area contributed by atoms with Crippen molar-refractivity contribution in [2.24, 2.45) is 5.73 Å². The van der Waals surface area contributed by atoms with Gasteiger partial charge in [0.15, 0.2) is 0 Å². The third-order valence-corrected chi connectivity index (χ3v) is 2.88. The molecule has 0 spiro atoms. The number of esters is 2. The van der Waals surface area contributed by atoms with E-state index in [0.717, 1.165) is 0 Å². The number of pyridine rings is 2. The SMILES string of the molecule is N[C@@H](CC(=O)OCc1ccccn1)C(=O)OCc1ccccn1. The first-order chi connectivity index (χ1) is 11.1. The molecular formula is C16H17N3O4. The van der Waals surface area contributed by atoms with Gasteiger partial charge in [0, 0.05) is 12.4 Å². The number of rotatable bonds is 7. The van der Waals surface area contributed by atoms with Crippen LogP contribution in [0.15, 0.2) is 48.8 Å². The van der Waals surface area contributed by atoms with Crippen LogP contribution in [0, 0.1) is 0 Å². The summed E-state index contributed by atoms with van der Waals surface area (Å²) in [6.45, 7) is 0.0474. The summed E-state index contributed by atoms with van der Waals surface area (Å²) in [6.07, 6.45) is 2.94. The van der Waals surface area contributed by atoms with Gasteiger partial charge in [-0.05, 0) is 24.3 Å². The molecule has 0 aliphatic carbocycles. The molecule has 23 heavy (non-hydrogen) atoms. The molecule has 2 heterocycles. The van der Waals surface area contributed by atoms with Gasteiger partial charge in [0.1, 0.15) is 19.3 Å². The van der Waals surface area contributed by atoms with Gasteiger partial charge in [-0.15, -0.1) is 0 Å². The Morgan fingerprint density at radius 2 is 1.52 bits per heavy atom. The molecule has 2 aromatic heterocycles. The lowest BCUT2D eigenvalue weighted by Gasteiger charge is -2.11. The maximum atomic E-state index is 11.7. The van der Waals surface area contributed by atoms with Crippen LogP contribution in [0.1, 0.15) is 17.8 Å². The van der Waals surface area contributed by atoms with E-state index in [-0.39, 0.29) is 19.6 Å². The van der Waals surface area contributed by atoms with Gasteiger partial charge in [0.25, 0.3) is 0 Å². The molecule has 0 fully saturated rings. The number of ether oxygens (including phenoxy) is 2. The van der Waals surface area contributed by atoms with Gasteiger partial charge in [-0.25, -0.2) is 0 Å². The molecule has 0 aliphatic rings. The highest BCUT2D eigenvalue weighted by Crippen LogP contribution is 2.02. The van der Waals surface area contributed by atoms with Gasteiger partial charge in [-0.1, -0.05) is 12.1 Å². The van der Waals surface area contributed by atoms with Gasteiger partial charge < -0.3 is 15.2 Å². The van der Waals surface area contributed by atoms with Gasteiger partial charge in [-0.2, -0.15) is 0 Å². The first-order valence-corrected chi connectivity index (χ1v) is 7.03. The van der Waals surface area contributed by atoms with Crippen LogP contribution in [-0.4, -0.2) is 27.9 Å². The maximum Gasteiger partial charge on any atom is 0.323 e. The highest BCUT2D eigenvalue weighted by atomic mass is 16.5. The van der Waals surface area contributed by atoms with Crippen LogP contribution in [0.2, 0.25) is 0 Å². The summed E-state index contributed by atoms with van der Waals surface area (Å²) in [6, 6.07) is 9.47. The number of hydrogen-bond acceptors (Lipinski definition) is 7. The number of carbonyl (C=O) groups is 2. The second kappa shape index (κ2) is 8.60. The summed E-state index contributed by atoms with van der Waals surface area (Å²) in [4.78, 5) is 31.4. The van der Waals surface area contributed by atoms with Crippen LogP contribution in [0.4, 0.5) is 0 Å². The molecule has 0 bridgehead atoms. The van der Waals surface area contributed by atoms with Crippen LogP contribution in [0.5, 0.6) is 0 Å². The van der Waals surface area contributed by atoms with E-state index in [1.54, 1.807) is 48.8 Å². The minimum absolute atomic E-state index is 0.0103. The molecular weight excluding hydrogens is 298 g/mol. The predicted octanol–water partition coefficient (Wildman–Crippen LogP) is 0.981. The minimum atomic E-state index is -1.07. The Morgan fingerprint density at radius 1 is 0.957 bits per heavy atom. The molecule has 0 amide bonds. The molecule has 2 aromatic rings. The highest BCUT2D eigenvalue weighted by molar-refractivity contribution is 5.82. The Hall–Kier alpha value is -2.80. The number of aromatic nitrogens is 2. The standard InChI is InChI=1S/C16H17N3O4/c17-14(16(21)23-11-13-6-2-4-8-19-13)9-15(20)22-10-12-5-1-3-7-18-12/h1-8,14H,9-11,17H2/t14-/m0/s1. The fraction of sp³-hybridized carbons (Fsp3) is 0.250. The van der Waals surface area contributed by atoms with E-state index in [1.807, 2.05) is 0 Å². The Bertz CT molecular complexity index is 634. The van der Waals surface area contributed by atoms with Crippen molar-refractivity contribution in [2.45, 2.75) is 25.7 Å². The first-order valence-electron chi connectivity index (χ1n) is 7.03. The van der Waals surface area contributed by atoms with Crippen LogP contribution in [0.25, 0.3) is 0 Å². The lowest BCUT2D eigenvalue weighted by Crippen LogP contribution is -2.35. The fourth-order valence-electron chi connectivity index (χ4n) is 1.70. The second-order valence-electron chi connectivity index (χ2n) is 4.72. The van der Waals surface area contributed by atoms with Crippen molar-refractivity contribution in [3.63, 3.8) is 0 Å². The van der Waals surface area contributed by atoms with Gasteiger partial charge in [-0.3, -0.25) is 19.6 Å². The molecule has 7 nitrogen and oxygen atoms in total. The predicted molar refractivity (Wildman–Crippen MR) is 80.7 cm³/mol. The van der Waals surface area contributed by atoms with Gasteiger partial charge in [0.2, 0.25) is 0 Å². The second-order valence-corrected chi connectivity index (χ2v) is 4.72. The third kappa shape index (κ3) is 5.84. The Balaban J connectivity index is 1.71. The average Bonchev–Trinajstić information content (AvgIpc) is 2.59. The van der Waals surface area contributed by atoms with Crippen LogP contribution < -0.4 is 5.73 Å². The molecule has 2 rings (SSSR count). The topological polar surface area (TPSA) is 104 Å². The highest BCUT2D eigenvalue weighted by Gasteiger charge is 2.20. The van der Waals surface area contributed by atoms with Crippen molar-refractivity contribution in [3.8, 4) is 0 Å². The monoisotopic (exact) mass is 315 g/mol. The summed E-state index contributed by atoms with van der Waals surface area (Å²) in [7, 11) is 0. The smallest absolute Gasteiger partial charge is 0.323 e. The van der Waals surface area contributed by atoms with E-state index in [0.29, 0.717) is 11.4 Å². The maximum absolute atomic E-state index is 11.7. The minimum Gasteiger partial charge on any atom is -0.459 e. The number of nitrogens with zero attached hydrogens (tertiary/aromatic N) is 2. The summed E-state index contributed by atoms with van der Waals surface area (Å²) >= 11 is 0. The molecule has 7 heteroatoms. The zero-order valence-corrected chi connectivity index (χ0v) is 12.4. The molecule has 0 saturated carbocycles. The van der Waals surface area contributed by atoms with Gasteiger partial charge >= 0.3 is 11.9 Å². The van der Waals surface area contributed by atoms with Gasteiger partial charge in [0.05, 0.1) is 17.8 Å². The van der Waals surface area contributed by atoms with Crippen molar-refractivity contribution >= 4 is 11.9 Å². The fourth-order valence-corrected chi connectivity index (χ4v) is 1.70. The molecule has 0 saturated heterocycles. The zero-order valence-electron chi connectivity index (χ0n) is 12.4. The molecule has 120 valence electrons. The lowest BCUT2D eigenvalue weighted by atomic mass is 10.2. The summed E-state index contributed by atoms with van der Waals surface area (Å²) in [5, 5.41) is 0. The van der Waals surface area contributed by atoms with Crippen molar-refractivity contribution in [1.82, 2.24) is 9.97 Å². The zero-order chi connectivity index (χ0) is 16.5. The molecule has 0 radical (unpaired) electrons. The first kappa shape index (κ1) is 16.6. The van der Waals surface area contributed by atoms with E-state index >= 15 is 0 Å². The lowest BCUT2D eigenvalue weighted by molar-refractivity contribution is -0.153. The van der Waals surface area contributed by atoms with E-state index in [2.05, 4.69) is 9.97 Å². The van der Waals surface area contributed by atoms with E-state index < -0.39 is 18.0 Å². The largest absolute Gasteiger partial charge is 0.459 e. The number of hydrogen-bond donors (Lipinski definition) is 1. The quantitative estimate of drug-likeness (QED) is 0.759. The Labute approximate surface area is 133 Å². The normalized spacial score (nSPS) is 11.5. The number of carbonyl (C=O) groups excluding carboxylic acids is 2. The molecule has 1 atom stereocenters. The Kier molecular flexibility index (Phi) is 6.19. The van der Waals surface area contributed by atoms with Crippen molar-refractivity contribution < 1.29 is 19.1 Å². The van der Waals surface area contributed by atoms with Crippen LogP contribution >= 0.6 is 0 Å². The average molecular weight is 315 g/mol. The summed E-state index contributed by atoms with van der Waals surface area (Å²) in [5.41, 5.74) is 6.86. The van der Waals surface area contributed by atoms with E-state index in [1.165, 1.54) is 0 Å². The van der Waals surface area contributed by atoms with Crippen molar-refractivity contribution in [3.05, 3.63) is 60.2 Å². The van der Waals surface area contributed by atoms with E-state index in [4.69, 9.17) is 15.2 Å². The molecule has 0 aliphatic heterocycles. The molecule has 0 aromatic carbocycles. The Morgan fingerprint density at radius 3 is 2.04 bits per heavy atom. The molecule has 0 unspecified atom stereocenters.